The van der Waals surface area contributed by atoms with Gasteiger partial charge in [-0.3, -0.25) is 9.98 Å². The number of rotatable bonds is 3. The van der Waals surface area contributed by atoms with Crippen molar-refractivity contribution < 1.29 is 0 Å². The summed E-state index contributed by atoms with van der Waals surface area (Å²) in [6, 6.07) is 1.83. The van der Waals surface area contributed by atoms with Crippen molar-refractivity contribution in [2.45, 2.75) is 12.8 Å². The summed E-state index contributed by atoms with van der Waals surface area (Å²) >= 11 is 0. The van der Waals surface area contributed by atoms with Crippen LogP contribution in [0.2, 0.25) is 0 Å². The average Bonchev–Trinajstić information content (AvgIpc) is 2.20. The predicted molar refractivity (Wildman–Crippen MR) is 59.4 cm³/mol. The van der Waals surface area contributed by atoms with E-state index in [-0.39, 0.29) is 5.92 Å². The molecule has 1 rings (SSSR count). The van der Waals surface area contributed by atoms with Crippen LogP contribution in [0.15, 0.2) is 17.3 Å². The Balaban J connectivity index is 3.05. The largest absolute Gasteiger partial charge is 0.397 e. The second kappa shape index (κ2) is 4.50. The summed E-state index contributed by atoms with van der Waals surface area (Å²) in [6.45, 7) is 1.93. The summed E-state index contributed by atoms with van der Waals surface area (Å²) in [4.78, 5) is 8.01. The predicted octanol–water partition coefficient (Wildman–Crippen LogP) is 1.47. The molecule has 1 aromatic heterocycles. The average molecular weight is 190 g/mol. The Hall–Kier alpha value is -1.71. The molecule has 3 N–H and O–H groups in total. The van der Waals surface area contributed by atoms with Crippen LogP contribution in [-0.2, 0) is 0 Å². The van der Waals surface area contributed by atoms with Gasteiger partial charge in [0.1, 0.15) is 5.69 Å². The Morgan fingerprint density at radius 2 is 2.36 bits per heavy atom. The van der Waals surface area contributed by atoms with Gasteiger partial charge in [-0.1, -0.05) is 6.92 Å². The first-order valence-electron chi connectivity index (χ1n) is 4.37. The minimum absolute atomic E-state index is 0.0532. The van der Waals surface area contributed by atoms with Gasteiger partial charge in [0.25, 0.3) is 0 Å². The second-order valence-corrected chi connectivity index (χ2v) is 3.09. The zero-order chi connectivity index (χ0) is 10.6. The minimum Gasteiger partial charge on any atom is -0.397 e. The Bertz CT molecular complexity index is 357. The normalized spacial score (nSPS) is 13.0. The van der Waals surface area contributed by atoms with Crippen LogP contribution in [0.1, 0.15) is 24.1 Å². The highest BCUT2D eigenvalue weighted by molar-refractivity contribution is 5.84. The molecule has 74 valence electrons. The maximum absolute atomic E-state index is 7.13. The second-order valence-electron chi connectivity index (χ2n) is 3.09. The van der Waals surface area contributed by atoms with Crippen molar-refractivity contribution in [2.24, 2.45) is 4.99 Å². The van der Waals surface area contributed by atoms with Crippen molar-refractivity contribution in [1.82, 2.24) is 4.98 Å². The lowest BCUT2D eigenvalue weighted by Gasteiger charge is -2.06. The summed E-state index contributed by atoms with van der Waals surface area (Å²) in [5.41, 5.74) is 7.99. The van der Waals surface area contributed by atoms with E-state index in [1.165, 1.54) is 6.21 Å². The highest BCUT2D eigenvalue weighted by Crippen LogP contribution is 2.16. The molecule has 0 aromatic carbocycles. The van der Waals surface area contributed by atoms with Crippen molar-refractivity contribution in [3.8, 4) is 0 Å². The lowest BCUT2D eigenvalue weighted by molar-refractivity contribution is 1.02. The maximum Gasteiger partial charge on any atom is 0.104 e. The smallest absolute Gasteiger partial charge is 0.104 e. The standard InChI is InChI=1S/C10H14N4/c1-7(4-11)8-3-9(12)10(6-13-2)14-5-8/h3-7,11H,12H2,1-2H3. The van der Waals surface area contributed by atoms with Gasteiger partial charge >= 0.3 is 0 Å². The number of nitrogens with one attached hydrogen (secondary N) is 1. The number of aliphatic imine (C=N–C) groups is 1. The fourth-order valence-corrected chi connectivity index (χ4v) is 1.08. The summed E-state index contributed by atoms with van der Waals surface area (Å²) < 4.78 is 0. The van der Waals surface area contributed by atoms with E-state index in [1.54, 1.807) is 19.5 Å². The Kier molecular flexibility index (Phi) is 3.34. The number of nitrogen functional groups attached to an aromatic ring is 1. The zero-order valence-corrected chi connectivity index (χ0v) is 8.36. The van der Waals surface area contributed by atoms with Gasteiger partial charge in [-0.15, -0.1) is 0 Å². The quantitative estimate of drug-likeness (QED) is 0.708. The topological polar surface area (TPSA) is 75.1 Å². The fourth-order valence-electron chi connectivity index (χ4n) is 1.08. The van der Waals surface area contributed by atoms with Crippen molar-refractivity contribution in [3.63, 3.8) is 0 Å². The van der Waals surface area contributed by atoms with Crippen LogP contribution in [0, 0.1) is 5.41 Å². The van der Waals surface area contributed by atoms with Gasteiger partial charge in [0.2, 0.25) is 0 Å². The molecular weight excluding hydrogens is 176 g/mol. The molecule has 4 heteroatoms. The van der Waals surface area contributed by atoms with Gasteiger partial charge in [-0.2, -0.15) is 0 Å². The van der Waals surface area contributed by atoms with Gasteiger partial charge in [-0.05, 0) is 11.6 Å². The molecule has 1 atom stereocenters. The van der Waals surface area contributed by atoms with E-state index >= 15 is 0 Å². The highest BCUT2D eigenvalue weighted by Gasteiger charge is 2.05. The molecule has 0 amide bonds. The van der Waals surface area contributed by atoms with E-state index in [0.29, 0.717) is 11.4 Å². The summed E-state index contributed by atoms with van der Waals surface area (Å²) in [5, 5.41) is 7.13. The molecule has 0 aliphatic rings. The number of hydrogen-bond donors (Lipinski definition) is 2. The lowest BCUT2D eigenvalue weighted by atomic mass is 10.0. The van der Waals surface area contributed by atoms with E-state index in [2.05, 4.69) is 9.98 Å². The van der Waals surface area contributed by atoms with Crippen LogP contribution in [0.5, 0.6) is 0 Å². The fraction of sp³-hybridized carbons (Fsp3) is 0.300. The van der Waals surface area contributed by atoms with E-state index in [1.807, 2.05) is 13.0 Å². The molecule has 14 heavy (non-hydrogen) atoms. The first-order valence-corrected chi connectivity index (χ1v) is 4.37. The summed E-state index contributed by atoms with van der Waals surface area (Å²) in [5.74, 6) is 0.0532. The van der Waals surface area contributed by atoms with Crippen LogP contribution >= 0.6 is 0 Å². The van der Waals surface area contributed by atoms with Gasteiger partial charge in [0.15, 0.2) is 0 Å². The van der Waals surface area contributed by atoms with Crippen LogP contribution in [0.4, 0.5) is 5.69 Å². The van der Waals surface area contributed by atoms with E-state index in [9.17, 15) is 0 Å². The number of anilines is 1. The molecule has 1 heterocycles. The maximum atomic E-state index is 7.13. The van der Waals surface area contributed by atoms with Crippen LogP contribution in [0.3, 0.4) is 0 Å². The third kappa shape index (κ3) is 2.16. The Morgan fingerprint density at radius 1 is 1.64 bits per heavy atom. The highest BCUT2D eigenvalue weighted by atomic mass is 14.8. The summed E-state index contributed by atoms with van der Waals surface area (Å²) in [6.07, 6.45) is 4.71. The Morgan fingerprint density at radius 3 is 2.86 bits per heavy atom. The molecule has 0 saturated heterocycles. The number of hydrogen-bond acceptors (Lipinski definition) is 4. The minimum atomic E-state index is 0.0532. The van der Waals surface area contributed by atoms with Crippen LogP contribution in [0.25, 0.3) is 0 Å². The molecule has 0 aliphatic heterocycles. The molecule has 4 nitrogen and oxygen atoms in total. The molecule has 0 aliphatic carbocycles. The molecule has 1 unspecified atom stereocenters. The first kappa shape index (κ1) is 10.4. The Labute approximate surface area is 83.4 Å². The van der Waals surface area contributed by atoms with Crippen molar-refractivity contribution >= 4 is 18.1 Å². The van der Waals surface area contributed by atoms with Gasteiger partial charge < -0.3 is 11.1 Å². The van der Waals surface area contributed by atoms with Crippen molar-refractivity contribution in [3.05, 3.63) is 23.5 Å². The first-order chi connectivity index (χ1) is 6.69. The zero-order valence-electron chi connectivity index (χ0n) is 8.36. The number of aromatic nitrogens is 1. The molecule has 1 aromatic rings. The van der Waals surface area contributed by atoms with Crippen LogP contribution < -0.4 is 5.73 Å². The summed E-state index contributed by atoms with van der Waals surface area (Å²) in [7, 11) is 1.68. The molecule has 0 fully saturated rings. The van der Waals surface area contributed by atoms with Crippen LogP contribution in [-0.4, -0.2) is 24.5 Å². The molecule has 0 bridgehead atoms. The number of pyridine rings is 1. The SMILES string of the molecule is CN=Cc1ncc(C(C)C=N)cc1N. The van der Waals surface area contributed by atoms with E-state index in [4.69, 9.17) is 11.1 Å². The third-order valence-corrected chi connectivity index (χ3v) is 2.00. The lowest BCUT2D eigenvalue weighted by Crippen LogP contribution is -2.01. The van der Waals surface area contributed by atoms with Gasteiger partial charge in [-0.25, -0.2) is 0 Å². The molecule has 0 saturated carbocycles. The van der Waals surface area contributed by atoms with Crippen molar-refractivity contribution in [2.75, 3.05) is 12.8 Å². The van der Waals surface area contributed by atoms with E-state index < -0.39 is 0 Å². The van der Waals surface area contributed by atoms with Crippen molar-refractivity contribution in [1.29, 1.82) is 5.41 Å². The monoisotopic (exact) mass is 190 g/mol. The van der Waals surface area contributed by atoms with E-state index in [0.717, 1.165) is 5.56 Å². The number of nitrogens with zero attached hydrogens (tertiary/aromatic N) is 2. The third-order valence-electron chi connectivity index (χ3n) is 2.00. The molecule has 0 spiro atoms. The van der Waals surface area contributed by atoms with Gasteiger partial charge in [0.05, 0.1) is 5.69 Å². The number of nitrogens with two attached hydrogens (primary N) is 1. The molecular formula is C10H14N4. The molecule has 0 radical (unpaired) electrons. The van der Waals surface area contributed by atoms with Gasteiger partial charge in [0, 0.05) is 31.6 Å².